The highest BCUT2D eigenvalue weighted by Crippen LogP contribution is 2.30. The number of aryl methyl sites for hydroxylation is 1. The maximum absolute atomic E-state index is 14.9. The summed E-state index contributed by atoms with van der Waals surface area (Å²) in [5.74, 6) is -0.845. The molecule has 4 rings (SSSR count). The molecule has 0 saturated carbocycles. The van der Waals surface area contributed by atoms with Gasteiger partial charge in [-0.2, -0.15) is 0 Å². The lowest BCUT2D eigenvalue weighted by Crippen LogP contribution is -2.60. The summed E-state index contributed by atoms with van der Waals surface area (Å²) in [5.41, 5.74) is 0.704. The zero-order chi connectivity index (χ0) is 43.7. The fraction of sp³-hybridized carbons (Fsp3) is 0.565. The van der Waals surface area contributed by atoms with Crippen LogP contribution in [-0.4, -0.2) is 121 Å². The number of nitrogens with one attached hydrogen (secondary N) is 3. The number of epoxide rings is 1. The van der Waals surface area contributed by atoms with Crippen LogP contribution >= 0.6 is 0 Å². The number of carbonyl (C=O) groups is 6. The Bertz CT molecular complexity index is 1770. The second-order valence-corrected chi connectivity index (χ2v) is 16.7. The van der Waals surface area contributed by atoms with Gasteiger partial charge < -0.3 is 30.2 Å². The highest BCUT2D eigenvalue weighted by Gasteiger charge is 2.50. The smallest absolute Gasteiger partial charge is 0.308 e. The summed E-state index contributed by atoms with van der Waals surface area (Å²) in [6.45, 7) is 11.1. The van der Waals surface area contributed by atoms with Gasteiger partial charge in [0.15, 0.2) is 12.5 Å². The quantitative estimate of drug-likeness (QED) is 0.0617. The van der Waals surface area contributed by atoms with Gasteiger partial charge in [0.25, 0.3) is 0 Å². The molecule has 0 spiro atoms. The van der Waals surface area contributed by atoms with Crippen LogP contribution in [0.5, 0.6) is 0 Å². The average molecular weight is 830 g/mol. The van der Waals surface area contributed by atoms with Gasteiger partial charge in [-0.05, 0) is 55.6 Å². The molecule has 0 unspecified atom stereocenters. The Hall–Kier alpha value is -5.10. The monoisotopic (exact) mass is 829 g/mol. The van der Waals surface area contributed by atoms with Crippen molar-refractivity contribution in [3.8, 4) is 12.3 Å². The molecule has 2 heterocycles. The molecule has 14 heteroatoms. The van der Waals surface area contributed by atoms with Crippen LogP contribution in [0.1, 0.15) is 77.8 Å². The van der Waals surface area contributed by atoms with Gasteiger partial charge in [0.2, 0.25) is 23.6 Å². The highest BCUT2D eigenvalue weighted by molar-refractivity contribution is 5.99. The Morgan fingerprint density at radius 2 is 1.43 bits per heavy atom. The van der Waals surface area contributed by atoms with Gasteiger partial charge in [-0.3, -0.25) is 38.6 Å². The SMILES string of the molecule is C#CCCC(=O)OCN(C(=O)[C@H](CCc1ccccc1)NC(=O)CN1CCOCC1)[C@@H](CC(C)C)C(=O)N[C@@H](Cc1ccccc1)C(=O)N[C@@H](CC(C)C)C(=O)[C@@]1(C)CO1. The summed E-state index contributed by atoms with van der Waals surface area (Å²) < 4.78 is 16.5. The Kier molecular flexibility index (Phi) is 18.7. The number of terminal acetylenes is 1. The van der Waals surface area contributed by atoms with Gasteiger partial charge in [-0.25, -0.2) is 0 Å². The molecule has 0 radical (unpaired) electrons. The van der Waals surface area contributed by atoms with Crippen LogP contribution in [0.25, 0.3) is 0 Å². The lowest BCUT2D eigenvalue weighted by molar-refractivity contribution is -0.160. The normalized spacial score (nSPS) is 18.3. The maximum atomic E-state index is 14.9. The molecule has 2 aromatic rings. The molecule has 2 aliphatic heterocycles. The zero-order valence-electron chi connectivity index (χ0n) is 35.8. The molecular formula is C46H63N5O9. The van der Waals surface area contributed by atoms with Crippen molar-refractivity contribution in [1.82, 2.24) is 25.8 Å². The van der Waals surface area contributed by atoms with Crippen LogP contribution < -0.4 is 16.0 Å². The summed E-state index contributed by atoms with van der Waals surface area (Å²) in [4.78, 5) is 87.0. The van der Waals surface area contributed by atoms with Crippen molar-refractivity contribution in [2.45, 2.75) is 109 Å². The first-order valence-corrected chi connectivity index (χ1v) is 21.0. The minimum absolute atomic E-state index is 0.0390. The molecule has 326 valence electrons. The van der Waals surface area contributed by atoms with E-state index in [-0.39, 0.29) is 68.8 Å². The van der Waals surface area contributed by atoms with Crippen molar-refractivity contribution in [1.29, 1.82) is 0 Å². The number of carbonyl (C=O) groups excluding carboxylic acids is 6. The van der Waals surface area contributed by atoms with Crippen LogP contribution in [0.4, 0.5) is 0 Å². The topological polar surface area (TPSA) is 176 Å². The molecule has 2 saturated heterocycles. The summed E-state index contributed by atoms with van der Waals surface area (Å²) >= 11 is 0. The Labute approximate surface area is 354 Å². The second-order valence-electron chi connectivity index (χ2n) is 16.7. The number of ketones is 1. The van der Waals surface area contributed by atoms with Crippen molar-refractivity contribution < 1.29 is 43.0 Å². The summed E-state index contributed by atoms with van der Waals surface area (Å²) in [6.07, 6.45) is 6.57. The van der Waals surface area contributed by atoms with Crippen molar-refractivity contribution in [2.24, 2.45) is 11.8 Å². The summed E-state index contributed by atoms with van der Waals surface area (Å²) in [5, 5.41) is 8.74. The van der Waals surface area contributed by atoms with Crippen LogP contribution in [0.15, 0.2) is 60.7 Å². The number of morpholine rings is 1. The second kappa shape index (κ2) is 23.6. The largest absolute Gasteiger partial charge is 0.444 e. The molecule has 3 N–H and O–H groups in total. The van der Waals surface area contributed by atoms with Gasteiger partial charge in [0, 0.05) is 25.9 Å². The number of amides is 4. The molecule has 2 aromatic carbocycles. The number of Topliss-reactive ketones (excluding diaryl/α,β-unsaturated/α-hetero) is 1. The third-order valence-electron chi connectivity index (χ3n) is 10.5. The van der Waals surface area contributed by atoms with E-state index in [0.717, 1.165) is 11.1 Å². The number of esters is 1. The lowest BCUT2D eigenvalue weighted by Gasteiger charge is -2.35. The minimum atomic E-state index is -1.24. The lowest BCUT2D eigenvalue weighted by atomic mass is 9.93. The zero-order valence-corrected chi connectivity index (χ0v) is 35.8. The predicted molar refractivity (Wildman–Crippen MR) is 226 cm³/mol. The van der Waals surface area contributed by atoms with Gasteiger partial charge in [0.1, 0.15) is 23.7 Å². The molecule has 5 atom stereocenters. The maximum Gasteiger partial charge on any atom is 0.308 e. The molecule has 0 bridgehead atoms. The summed E-state index contributed by atoms with van der Waals surface area (Å²) in [7, 11) is 0. The van der Waals surface area contributed by atoms with E-state index in [1.165, 1.54) is 4.90 Å². The van der Waals surface area contributed by atoms with E-state index in [0.29, 0.717) is 39.1 Å². The van der Waals surface area contributed by atoms with Gasteiger partial charge >= 0.3 is 5.97 Å². The van der Waals surface area contributed by atoms with E-state index >= 15 is 0 Å². The van der Waals surface area contributed by atoms with Gasteiger partial charge in [0.05, 0.1) is 38.8 Å². The number of hydrogen-bond donors (Lipinski definition) is 3. The van der Waals surface area contributed by atoms with Crippen LogP contribution in [0.2, 0.25) is 0 Å². The van der Waals surface area contributed by atoms with Crippen LogP contribution in [-0.2, 0) is 55.8 Å². The van der Waals surface area contributed by atoms with E-state index in [1.54, 1.807) is 6.92 Å². The third-order valence-corrected chi connectivity index (χ3v) is 10.5. The molecule has 0 aliphatic carbocycles. The Morgan fingerprint density at radius 3 is 2.02 bits per heavy atom. The third kappa shape index (κ3) is 15.5. The molecule has 4 amide bonds. The van der Waals surface area contributed by atoms with E-state index < -0.39 is 60.2 Å². The van der Waals surface area contributed by atoms with Crippen molar-refractivity contribution in [2.75, 3.05) is 46.2 Å². The van der Waals surface area contributed by atoms with Crippen molar-refractivity contribution in [3.05, 3.63) is 71.8 Å². The van der Waals surface area contributed by atoms with Gasteiger partial charge in [-0.15, -0.1) is 12.3 Å². The van der Waals surface area contributed by atoms with Gasteiger partial charge in [-0.1, -0.05) is 88.4 Å². The molecule has 60 heavy (non-hydrogen) atoms. The number of ether oxygens (including phenoxy) is 3. The Morgan fingerprint density at radius 1 is 0.833 bits per heavy atom. The first-order valence-electron chi connectivity index (χ1n) is 21.0. The molecular weight excluding hydrogens is 767 g/mol. The van der Waals surface area contributed by atoms with E-state index in [2.05, 4.69) is 21.9 Å². The predicted octanol–water partition coefficient (Wildman–Crippen LogP) is 3.21. The van der Waals surface area contributed by atoms with E-state index in [1.807, 2.05) is 93.3 Å². The summed E-state index contributed by atoms with van der Waals surface area (Å²) in [6, 6.07) is 14.3. The fourth-order valence-electron chi connectivity index (χ4n) is 7.05. The molecule has 14 nitrogen and oxygen atoms in total. The molecule has 0 aromatic heterocycles. The number of nitrogens with zero attached hydrogens (tertiary/aromatic N) is 2. The van der Waals surface area contributed by atoms with Crippen molar-refractivity contribution in [3.63, 3.8) is 0 Å². The number of rotatable bonds is 24. The number of hydrogen-bond acceptors (Lipinski definition) is 10. The Balaban J connectivity index is 1.68. The first-order chi connectivity index (χ1) is 28.7. The fourth-order valence-corrected chi connectivity index (χ4v) is 7.05. The van der Waals surface area contributed by atoms with E-state index in [4.69, 9.17) is 20.6 Å². The molecule has 2 aliphatic rings. The van der Waals surface area contributed by atoms with E-state index in [9.17, 15) is 28.8 Å². The first kappa shape index (κ1) is 47.6. The standard InChI is InChI=1S/C46H63N5O9/c1-7-8-19-41(53)59-31-51(45(57)36(21-20-34-15-11-9-12-16-34)47-40(52)29-50-22-24-58-25-23-50)39(27-33(4)5)44(56)49-38(28-35-17-13-10-14-18-35)43(55)48-37(26-32(2)3)42(54)46(6)30-60-46/h1,9-18,32-33,36-39H,8,19-31H2,2-6H3,(H,47,52)(H,48,55)(H,49,56)/t36-,37-,38-,39-,46+/m0/s1. The van der Waals surface area contributed by atoms with Crippen LogP contribution in [0.3, 0.4) is 0 Å². The molecule has 2 fully saturated rings. The number of benzene rings is 2. The highest BCUT2D eigenvalue weighted by atomic mass is 16.6. The van der Waals surface area contributed by atoms with Crippen LogP contribution in [0, 0.1) is 24.2 Å². The minimum Gasteiger partial charge on any atom is -0.444 e. The average Bonchev–Trinajstić information content (AvgIpc) is 3.98. The van der Waals surface area contributed by atoms with Crippen molar-refractivity contribution >= 4 is 35.4 Å².